The highest BCUT2D eigenvalue weighted by atomic mass is 35.5. The molecule has 194 valence electrons. The van der Waals surface area contributed by atoms with E-state index in [2.05, 4.69) is 5.32 Å². The maximum atomic E-state index is 14.0. The molecular formula is C25H32ClF3N2O3S. The fraction of sp³-hybridized carbons (Fsp3) is 0.480. The molecule has 0 aromatic heterocycles. The highest BCUT2D eigenvalue weighted by molar-refractivity contribution is 7.97. The van der Waals surface area contributed by atoms with Gasteiger partial charge in [0.05, 0.1) is 11.1 Å². The number of aliphatic hydroxyl groups excluding tert-OH is 1. The third-order valence-electron chi connectivity index (χ3n) is 5.52. The van der Waals surface area contributed by atoms with Crippen LogP contribution in [0.15, 0.2) is 35.2 Å². The SMILES string of the molecule is CN(C[C@H](O)CNC(C)(C)CCCc1c(F)cccc1F)Sc1cc(F)cc(CCC(=O)O)c1Cl. The van der Waals surface area contributed by atoms with Crippen molar-refractivity contribution in [3.63, 3.8) is 0 Å². The number of likely N-dealkylation sites (N-methyl/N-ethyl adjacent to an activating group) is 1. The van der Waals surface area contributed by atoms with E-state index >= 15 is 0 Å². The topological polar surface area (TPSA) is 72.8 Å². The van der Waals surface area contributed by atoms with Crippen LogP contribution in [0.1, 0.15) is 44.2 Å². The van der Waals surface area contributed by atoms with Crippen LogP contribution in [0.25, 0.3) is 0 Å². The summed E-state index contributed by atoms with van der Waals surface area (Å²) in [6.07, 6.45) is 0.734. The lowest BCUT2D eigenvalue weighted by Gasteiger charge is -2.29. The lowest BCUT2D eigenvalue weighted by molar-refractivity contribution is -0.136. The molecular weight excluding hydrogens is 501 g/mol. The fourth-order valence-corrected chi connectivity index (χ4v) is 4.90. The van der Waals surface area contributed by atoms with Crippen LogP contribution in [0.2, 0.25) is 5.02 Å². The van der Waals surface area contributed by atoms with Crippen LogP contribution in [0.5, 0.6) is 0 Å². The van der Waals surface area contributed by atoms with Crippen molar-refractivity contribution in [2.75, 3.05) is 20.1 Å². The lowest BCUT2D eigenvalue weighted by Crippen LogP contribution is -2.45. The maximum absolute atomic E-state index is 14.0. The van der Waals surface area contributed by atoms with Gasteiger partial charge in [0.15, 0.2) is 0 Å². The molecule has 2 aromatic rings. The molecule has 2 rings (SSSR count). The lowest BCUT2D eigenvalue weighted by atomic mass is 9.95. The standard InChI is InChI=1S/C25H32ClF3N2O3S/c1-25(2,11-5-6-19-20(28)7-4-8-21(19)29)30-14-18(32)15-31(3)35-22-13-17(27)12-16(24(22)26)9-10-23(33)34/h4,7-8,12-13,18,30,32H,5-6,9-11,14-15H2,1-3H3,(H,33,34)/t18-/m1/s1. The molecule has 5 nitrogen and oxygen atoms in total. The van der Waals surface area contributed by atoms with Gasteiger partial charge in [-0.15, -0.1) is 0 Å². The van der Waals surface area contributed by atoms with Gasteiger partial charge in [-0.2, -0.15) is 0 Å². The van der Waals surface area contributed by atoms with E-state index < -0.39 is 29.5 Å². The summed E-state index contributed by atoms with van der Waals surface area (Å²) in [5.41, 5.74) is 0.146. The highest BCUT2D eigenvalue weighted by Crippen LogP contribution is 2.33. The zero-order chi connectivity index (χ0) is 26.2. The molecule has 0 unspecified atom stereocenters. The van der Waals surface area contributed by atoms with E-state index in [-0.39, 0.29) is 43.5 Å². The summed E-state index contributed by atoms with van der Waals surface area (Å²) in [6, 6.07) is 6.36. The fourth-order valence-electron chi connectivity index (χ4n) is 3.64. The number of hydrogen-bond acceptors (Lipinski definition) is 5. The Kier molecular flexibility index (Phi) is 11.4. The van der Waals surface area contributed by atoms with Crippen molar-refractivity contribution in [1.29, 1.82) is 0 Å². The second-order valence-corrected chi connectivity index (χ2v) is 10.8. The van der Waals surface area contributed by atoms with Crippen molar-refractivity contribution in [3.8, 4) is 0 Å². The number of aryl methyl sites for hydroxylation is 1. The minimum absolute atomic E-state index is 0.0871. The average Bonchev–Trinajstić information content (AvgIpc) is 2.75. The molecule has 0 fully saturated rings. The summed E-state index contributed by atoms with van der Waals surface area (Å²) in [6.45, 7) is 4.46. The zero-order valence-electron chi connectivity index (χ0n) is 20.1. The van der Waals surface area contributed by atoms with Crippen LogP contribution >= 0.6 is 23.5 Å². The highest BCUT2D eigenvalue weighted by Gasteiger charge is 2.21. The van der Waals surface area contributed by atoms with Gasteiger partial charge in [0, 0.05) is 35.5 Å². The predicted molar refractivity (Wildman–Crippen MR) is 133 cm³/mol. The number of aliphatic carboxylic acids is 1. The molecule has 2 aromatic carbocycles. The third kappa shape index (κ3) is 10.0. The van der Waals surface area contributed by atoms with E-state index in [0.29, 0.717) is 28.3 Å². The zero-order valence-corrected chi connectivity index (χ0v) is 21.7. The van der Waals surface area contributed by atoms with Crippen molar-refractivity contribution in [1.82, 2.24) is 9.62 Å². The molecule has 0 amide bonds. The van der Waals surface area contributed by atoms with E-state index in [0.717, 1.165) is 11.9 Å². The molecule has 0 saturated carbocycles. The Bertz CT molecular complexity index is 990. The van der Waals surface area contributed by atoms with Gasteiger partial charge in [0.2, 0.25) is 0 Å². The Morgan fingerprint density at radius 3 is 2.49 bits per heavy atom. The van der Waals surface area contributed by atoms with Crippen molar-refractivity contribution in [3.05, 3.63) is 63.9 Å². The Morgan fingerprint density at radius 1 is 1.20 bits per heavy atom. The normalized spacial score (nSPS) is 12.8. The molecule has 10 heteroatoms. The number of nitrogens with zero attached hydrogens (tertiary/aromatic N) is 1. The number of carboxylic acids is 1. The first-order chi connectivity index (χ1) is 16.4. The number of carbonyl (C=O) groups is 1. The number of rotatable bonds is 14. The quantitative estimate of drug-likeness (QED) is 0.280. The van der Waals surface area contributed by atoms with Gasteiger partial charge in [-0.05, 0) is 88.4 Å². The molecule has 1 atom stereocenters. The molecule has 0 aliphatic heterocycles. The number of nitrogens with one attached hydrogen (secondary N) is 1. The number of halogens is 4. The molecule has 3 N–H and O–H groups in total. The first kappa shape index (κ1) is 29.5. The molecule has 0 aliphatic carbocycles. The van der Waals surface area contributed by atoms with E-state index in [9.17, 15) is 23.1 Å². The molecule has 35 heavy (non-hydrogen) atoms. The van der Waals surface area contributed by atoms with E-state index in [1.54, 1.807) is 11.4 Å². The smallest absolute Gasteiger partial charge is 0.303 e. The van der Waals surface area contributed by atoms with Crippen LogP contribution in [0, 0.1) is 17.5 Å². The van der Waals surface area contributed by atoms with Gasteiger partial charge < -0.3 is 15.5 Å². The molecule has 0 heterocycles. The summed E-state index contributed by atoms with van der Waals surface area (Å²) in [5.74, 6) is -2.59. The van der Waals surface area contributed by atoms with Gasteiger partial charge in [0.1, 0.15) is 17.5 Å². The summed E-state index contributed by atoms with van der Waals surface area (Å²) in [5, 5.41) is 22.9. The van der Waals surface area contributed by atoms with Crippen LogP contribution in [-0.2, 0) is 17.6 Å². The van der Waals surface area contributed by atoms with Gasteiger partial charge in [-0.1, -0.05) is 17.7 Å². The second kappa shape index (κ2) is 13.5. The number of benzene rings is 2. The second-order valence-electron chi connectivity index (χ2n) is 9.14. The minimum Gasteiger partial charge on any atom is -0.481 e. The number of carboxylic acid groups (broad SMARTS) is 1. The number of aliphatic hydroxyl groups is 1. The summed E-state index contributed by atoms with van der Waals surface area (Å²) in [7, 11) is 1.74. The number of hydrogen-bond donors (Lipinski definition) is 3. The van der Waals surface area contributed by atoms with E-state index in [4.69, 9.17) is 16.7 Å². The van der Waals surface area contributed by atoms with E-state index in [1.807, 2.05) is 13.8 Å². The molecule has 0 aliphatic rings. The molecule has 0 radical (unpaired) electrons. The Hall–Kier alpha value is -1.78. The van der Waals surface area contributed by atoms with Crippen LogP contribution in [0.4, 0.5) is 13.2 Å². The van der Waals surface area contributed by atoms with Gasteiger partial charge in [-0.25, -0.2) is 17.5 Å². The Balaban J connectivity index is 1.83. The van der Waals surface area contributed by atoms with E-state index in [1.165, 1.54) is 30.3 Å². The predicted octanol–water partition coefficient (Wildman–Crippen LogP) is 5.47. The summed E-state index contributed by atoms with van der Waals surface area (Å²) >= 11 is 7.51. The largest absolute Gasteiger partial charge is 0.481 e. The summed E-state index contributed by atoms with van der Waals surface area (Å²) in [4.78, 5) is 11.3. The maximum Gasteiger partial charge on any atom is 0.303 e. The Morgan fingerprint density at radius 2 is 1.86 bits per heavy atom. The van der Waals surface area contributed by atoms with Crippen LogP contribution < -0.4 is 5.32 Å². The molecule has 0 saturated heterocycles. The molecule has 0 bridgehead atoms. The van der Waals surface area contributed by atoms with Crippen molar-refractivity contribution < 1.29 is 28.2 Å². The summed E-state index contributed by atoms with van der Waals surface area (Å²) < 4.78 is 43.3. The van der Waals surface area contributed by atoms with Crippen molar-refractivity contribution in [2.45, 2.75) is 62.5 Å². The van der Waals surface area contributed by atoms with Crippen molar-refractivity contribution >= 4 is 29.5 Å². The molecule has 0 spiro atoms. The Labute approximate surface area is 213 Å². The number of β-amino-alcohol motifs (C(OH)–C–C–N with tert-alkyl or cyclic N) is 1. The van der Waals surface area contributed by atoms with Gasteiger partial charge in [0.25, 0.3) is 0 Å². The van der Waals surface area contributed by atoms with Gasteiger partial charge >= 0.3 is 5.97 Å². The average molecular weight is 533 g/mol. The minimum atomic E-state index is -0.991. The van der Waals surface area contributed by atoms with Gasteiger partial charge in [-0.3, -0.25) is 4.79 Å². The first-order valence-corrected chi connectivity index (χ1v) is 12.5. The monoisotopic (exact) mass is 532 g/mol. The third-order valence-corrected chi connectivity index (χ3v) is 7.05. The van der Waals surface area contributed by atoms with Crippen LogP contribution in [-0.4, -0.2) is 52.3 Å². The van der Waals surface area contributed by atoms with Crippen LogP contribution in [0.3, 0.4) is 0 Å². The van der Waals surface area contributed by atoms with Crippen molar-refractivity contribution in [2.24, 2.45) is 0 Å². The first-order valence-electron chi connectivity index (χ1n) is 11.3.